The smallest absolute Gasteiger partial charge is 0.140 e. The predicted octanol–water partition coefficient (Wildman–Crippen LogP) is 3.61. The summed E-state index contributed by atoms with van der Waals surface area (Å²) in [6, 6.07) is 6.38. The van der Waals surface area contributed by atoms with E-state index < -0.39 is 0 Å². The summed E-state index contributed by atoms with van der Waals surface area (Å²) in [6.07, 6.45) is 5.35. The molecule has 0 amide bonds. The van der Waals surface area contributed by atoms with Crippen molar-refractivity contribution in [1.29, 1.82) is 0 Å². The zero-order chi connectivity index (χ0) is 11.5. The summed E-state index contributed by atoms with van der Waals surface area (Å²) in [6.45, 7) is 4.18. The van der Waals surface area contributed by atoms with Gasteiger partial charge in [-0.2, -0.15) is 0 Å². The summed E-state index contributed by atoms with van der Waals surface area (Å²) in [5, 5.41) is 0. The largest absolute Gasteiger partial charge is 0.299 e. The number of carbonyl (C=O) groups is 1. The molecule has 0 spiro atoms. The van der Waals surface area contributed by atoms with Gasteiger partial charge in [-0.15, -0.1) is 0 Å². The topological polar surface area (TPSA) is 17.1 Å². The maximum absolute atomic E-state index is 12.1. The molecule has 0 heterocycles. The second-order valence-corrected chi connectivity index (χ2v) is 5.05. The van der Waals surface area contributed by atoms with Crippen molar-refractivity contribution in [3.63, 3.8) is 0 Å². The first kappa shape index (κ1) is 11.4. The third kappa shape index (κ3) is 2.52. The first-order chi connectivity index (χ1) is 7.66. The van der Waals surface area contributed by atoms with Crippen LogP contribution in [0.15, 0.2) is 18.2 Å². The van der Waals surface area contributed by atoms with Gasteiger partial charge in [-0.3, -0.25) is 4.79 Å². The Balaban J connectivity index is 2.07. The van der Waals surface area contributed by atoms with Gasteiger partial charge in [-0.25, -0.2) is 0 Å². The van der Waals surface area contributed by atoms with Gasteiger partial charge < -0.3 is 0 Å². The molecule has 16 heavy (non-hydrogen) atoms. The van der Waals surface area contributed by atoms with Crippen LogP contribution in [0.25, 0.3) is 0 Å². The zero-order valence-corrected chi connectivity index (χ0v) is 10.3. The zero-order valence-electron chi connectivity index (χ0n) is 10.3. The van der Waals surface area contributed by atoms with Crippen LogP contribution in [0.3, 0.4) is 0 Å². The lowest BCUT2D eigenvalue weighted by atomic mass is 9.94. The van der Waals surface area contributed by atoms with Gasteiger partial charge in [-0.1, -0.05) is 36.6 Å². The number of benzene rings is 1. The van der Waals surface area contributed by atoms with E-state index >= 15 is 0 Å². The van der Waals surface area contributed by atoms with Crippen LogP contribution in [0.1, 0.15) is 42.4 Å². The van der Waals surface area contributed by atoms with E-state index in [-0.39, 0.29) is 0 Å². The quantitative estimate of drug-likeness (QED) is 0.754. The molecule has 1 aromatic carbocycles. The molecular weight excluding hydrogens is 196 g/mol. The van der Waals surface area contributed by atoms with E-state index in [4.69, 9.17) is 0 Å². The highest BCUT2D eigenvalue weighted by Crippen LogP contribution is 2.27. The van der Waals surface area contributed by atoms with Crippen molar-refractivity contribution in [1.82, 2.24) is 0 Å². The molecule has 2 rings (SSSR count). The highest BCUT2D eigenvalue weighted by Gasteiger charge is 2.22. The number of rotatable bonds is 3. The van der Waals surface area contributed by atoms with E-state index in [1.165, 1.54) is 29.5 Å². The number of carbonyl (C=O) groups excluding carboxylic acids is 1. The number of Topliss-reactive ketones (excluding diaryl/α,β-unsaturated/α-hetero) is 1. The molecule has 0 aromatic heterocycles. The van der Waals surface area contributed by atoms with E-state index in [2.05, 4.69) is 32.0 Å². The molecule has 1 aromatic rings. The average Bonchev–Trinajstić information content (AvgIpc) is 2.76. The maximum Gasteiger partial charge on any atom is 0.140 e. The standard InChI is InChI=1S/C15H20O/c1-11-7-8-12(2)14(9-11)10-15(16)13-5-3-4-6-13/h7-9,13H,3-6,10H2,1-2H3. The predicted molar refractivity (Wildman–Crippen MR) is 66.6 cm³/mol. The lowest BCUT2D eigenvalue weighted by Crippen LogP contribution is -2.14. The molecule has 0 bridgehead atoms. The van der Waals surface area contributed by atoms with Gasteiger partial charge in [-0.05, 0) is 37.8 Å². The molecule has 0 N–H and O–H groups in total. The third-order valence-electron chi connectivity index (χ3n) is 3.68. The maximum atomic E-state index is 12.1. The van der Waals surface area contributed by atoms with Crippen molar-refractivity contribution in [2.45, 2.75) is 46.0 Å². The molecular formula is C15H20O. The lowest BCUT2D eigenvalue weighted by Gasteiger charge is -2.10. The van der Waals surface area contributed by atoms with E-state index in [1.807, 2.05) is 0 Å². The molecule has 1 aliphatic rings. The fraction of sp³-hybridized carbons (Fsp3) is 0.533. The van der Waals surface area contributed by atoms with Crippen molar-refractivity contribution in [3.8, 4) is 0 Å². The summed E-state index contributed by atoms with van der Waals surface area (Å²) in [7, 11) is 0. The van der Waals surface area contributed by atoms with Crippen molar-refractivity contribution in [2.24, 2.45) is 5.92 Å². The molecule has 0 atom stereocenters. The van der Waals surface area contributed by atoms with Gasteiger partial charge in [0.05, 0.1) is 0 Å². The Morgan fingerprint density at radius 3 is 2.62 bits per heavy atom. The van der Waals surface area contributed by atoms with Gasteiger partial charge in [0.25, 0.3) is 0 Å². The van der Waals surface area contributed by atoms with Crippen molar-refractivity contribution in [3.05, 3.63) is 34.9 Å². The van der Waals surface area contributed by atoms with Gasteiger partial charge >= 0.3 is 0 Å². The molecule has 1 fully saturated rings. The van der Waals surface area contributed by atoms with E-state index in [1.54, 1.807) is 0 Å². The van der Waals surface area contributed by atoms with Gasteiger partial charge in [0.2, 0.25) is 0 Å². The lowest BCUT2D eigenvalue weighted by molar-refractivity contribution is -0.122. The summed E-state index contributed by atoms with van der Waals surface area (Å²) in [5.41, 5.74) is 3.72. The first-order valence-corrected chi connectivity index (χ1v) is 6.25. The minimum atomic E-state index is 0.347. The van der Waals surface area contributed by atoms with Crippen LogP contribution in [0.5, 0.6) is 0 Å². The van der Waals surface area contributed by atoms with Crippen molar-refractivity contribution in [2.75, 3.05) is 0 Å². The number of hydrogen-bond donors (Lipinski definition) is 0. The fourth-order valence-corrected chi connectivity index (χ4v) is 2.57. The molecule has 1 aliphatic carbocycles. The highest BCUT2D eigenvalue weighted by molar-refractivity contribution is 5.83. The van der Waals surface area contributed by atoms with Crippen molar-refractivity contribution >= 4 is 5.78 Å². The fourth-order valence-electron chi connectivity index (χ4n) is 2.57. The summed E-state index contributed by atoms with van der Waals surface area (Å²) in [5.74, 6) is 0.797. The Labute approximate surface area is 97.9 Å². The Morgan fingerprint density at radius 1 is 1.25 bits per heavy atom. The van der Waals surface area contributed by atoms with Crippen LogP contribution in [-0.2, 0) is 11.2 Å². The summed E-state index contributed by atoms with van der Waals surface area (Å²) in [4.78, 5) is 12.1. The second kappa shape index (κ2) is 4.82. The Bertz CT molecular complexity index is 386. The van der Waals surface area contributed by atoms with Crippen LogP contribution in [0.4, 0.5) is 0 Å². The molecule has 0 unspecified atom stereocenters. The van der Waals surface area contributed by atoms with Crippen LogP contribution in [-0.4, -0.2) is 5.78 Å². The first-order valence-electron chi connectivity index (χ1n) is 6.25. The molecule has 0 saturated heterocycles. The van der Waals surface area contributed by atoms with Crippen LogP contribution in [0, 0.1) is 19.8 Å². The summed E-state index contributed by atoms with van der Waals surface area (Å²) >= 11 is 0. The average molecular weight is 216 g/mol. The number of ketones is 1. The Hall–Kier alpha value is -1.11. The number of hydrogen-bond acceptors (Lipinski definition) is 1. The minimum absolute atomic E-state index is 0.347. The molecule has 0 aliphatic heterocycles. The molecule has 1 nitrogen and oxygen atoms in total. The van der Waals surface area contributed by atoms with E-state index in [0.717, 1.165) is 12.8 Å². The molecule has 1 saturated carbocycles. The van der Waals surface area contributed by atoms with Gasteiger partial charge in [0, 0.05) is 12.3 Å². The highest BCUT2D eigenvalue weighted by atomic mass is 16.1. The Kier molecular flexibility index (Phi) is 3.42. The van der Waals surface area contributed by atoms with Crippen molar-refractivity contribution < 1.29 is 4.79 Å². The van der Waals surface area contributed by atoms with Crippen LogP contribution >= 0.6 is 0 Å². The SMILES string of the molecule is Cc1ccc(C)c(CC(=O)C2CCCC2)c1. The molecule has 0 radical (unpaired) electrons. The summed E-state index contributed by atoms with van der Waals surface area (Å²) < 4.78 is 0. The normalized spacial score (nSPS) is 16.6. The van der Waals surface area contributed by atoms with Crippen LogP contribution in [0.2, 0.25) is 0 Å². The minimum Gasteiger partial charge on any atom is -0.299 e. The van der Waals surface area contributed by atoms with E-state index in [0.29, 0.717) is 18.1 Å². The molecule has 1 heteroatoms. The third-order valence-corrected chi connectivity index (χ3v) is 3.68. The van der Waals surface area contributed by atoms with Gasteiger partial charge in [0.1, 0.15) is 5.78 Å². The van der Waals surface area contributed by atoms with Crippen LogP contribution < -0.4 is 0 Å². The molecule has 86 valence electrons. The number of aryl methyl sites for hydroxylation is 2. The van der Waals surface area contributed by atoms with E-state index in [9.17, 15) is 4.79 Å². The monoisotopic (exact) mass is 216 g/mol. The second-order valence-electron chi connectivity index (χ2n) is 5.05. The van der Waals surface area contributed by atoms with Gasteiger partial charge in [0.15, 0.2) is 0 Å². The Morgan fingerprint density at radius 2 is 1.94 bits per heavy atom.